The average Bonchev–Trinajstić information content (AvgIpc) is 2.63. The zero-order valence-corrected chi connectivity index (χ0v) is 14.8. The molecule has 1 N–H and O–H groups in total. The standard InChI is InChI=1S/C18H25N3O4/c1-13-3-4-15(17(22)20-5-8-24-9-6-20)11-16(13)19-18(23)21-7-10-25-14(2)12-21/h3-4,11,14H,5-10,12H2,1-2H3,(H,19,23)/t14-/m0/s1. The quantitative estimate of drug-likeness (QED) is 0.884. The number of ether oxygens (including phenoxy) is 2. The highest BCUT2D eigenvalue weighted by Crippen LogP contribution is 2.20. The number of anilines is 1. The minimum Gasteiger partial charge on any atom is -0.378 e. The molecule has 2 saturated heterocycles. The molecule has 136 valence electrons. The Balaban J connectivity index is 1.70. The van der Waals surface area contributed by atoms with Crippen LogP contribution in [0.25, 0.3) is 0 Å². The predicted molar refractivity (Wildman–Crippen MR) is 93.9 cm³/mol. The molecular weight excluding hydrogens is 322 g/mol. The SMILES string of the molecule is Cc1ccc(C(=O)N2CCOCC2)cc1NC(=O)N1CCO[C@@H](C)C1. The number of carbonyl (C=O) groups excluding carboxylic acids is 2. The van der Waals surface area contributed by atoms with Crippen LogP contribution in [0.1, 0.15) is 22.8 Å². The monoisotopic (exact) mass is 347 g/mol. The van der Waals surface area contributed by atoms with Crippen LogP contribution in [-0.2, 0) is 9.47 Å². The summed E-state index contributed by atoms with van der Waals surface area (Å²) in [4.78, 5) is 28.6. The number of hydrogen-bond acceptors (Lipinski definition) is 4. The van der Waals surface area contributed by atoms with Gasteiger partial charge in [-0.05, 0) is 31.5 Å². The molecule has 0 spiro atoms. The molecule has 1 atom stereocenters. The predicted octanol–water partition coefficient (Wildman–Crippen LogP) is 1.72. The van der Waals surface area contributed by atoms with Crippen LogP contribution in [0, 0.1) is 6.92 Å². The molecule has 3 amide bonds. The summed E-state index contributed by atoms with van der Waals surface area (Å²) in [6.07, 6.45) is 0.0369. The number of nitrogens with one attached hydrogen (secondary N) is 1. The summed E-state index contributed by atoms with van der Waals surface area (Å²) in [6, 6.07) is 5.27. The van der Waals surface area contributed by atoms with Crippen LogP contribution in [0.2, 0.25) is 0 Å². The van der Waals surface area contributed by atoms with Crippen molar-refractivity contribution >= 4 is 17.6 Å². The van der Waals surface area contributed by atoms with Crippen molar-refractivity contribution < 1.29 is 19.1 Å². The van der Waals surface area contributed by atoms with Gasteiger partial charge in [0.2, 0.25) is 0 Å². The van der Waals surface area contributed by atoms with Crippen molar-refractivity contribution in [1.29, 1.82) is 0 Å². The summed E-state index contributed by atoms with van der Waals surface area (Å²) in [5.41, 5.74) is 2.18. The van der Waals surface area contributed by atoms with Crippen molar-refractivity contribution in [2.45, 2.75) is 20.0 Å². The maximum absolute atomic E-state index is 12.6. The van der Waals surface area contributed by atoms with E-state index in [1.54, 1.807) is 21.9 Å². The van der Waals surface area contributed by atoms with Crippen molar-refractivity contribution in [3.8, 4) is 0 Å². The molecule has 0 radical (unpaired) electrons. The van der Waals surface area contributed by atoms with Crippen LogP contribution in [0.4, 0.5) is 10.5 Å². The van der Waals surface area contributed by atoms with Crippen LogP contribution >= 0.6 is 0 Å². The number of benzene rings is 1. The topological polar surface area (TPSA) is 71.1 Å². The highest BCUT2D eigenvalue weighted by molar-refractivity contribution is 5.97. The third kappa shape index (κ3) is 4.29. The van der Waals surface area contributed by atoms with Gasteiger partial charge in [-0.25, -0.2) is 4.79 Å². The van der Waals surface area contributed by atoms with Gasteiger partial charge in [-0.2, -0.15) is 0 Å². The lowest BCUT2D eigenvalue weighted by molar-refractivity contribution is -0.00138. The van der Waals surface area contributed by atoms with Gasteiger partial charge < -0.3 is 24.6 Å². The summed E-state index contributed by atoms with van der Waals surface area (Å²) >= 11 is 0. The van der Waals surface area contributed by atoms with Crippen molar-refractivity contribution in [2.75, 3.05) is 51.3 Å². The largest absolute Gasteiger partial charge is 0.378 e. The smallest absolute Gasteiger partial charge is 0.322 e. The number of urea groups is 1. The van der Waals surface area contributed by atoms with E-state index in [-0.39, 0.29) is 18.0 Å². The molecule has 0 unspecified atom stereocenters. The second-order valence-corrected chi connectivity index (χ2v) is 6.49. The van der Waals surface area contributed by atoms with Gasteiger partial charge in [0.15, 0.2) is 0 Å². The van der Waals surface area contributed by atoms with E-state index >= 15 is 0 Å². The lowest BCUT2D eigenvalue weighted by Crippen LogP contribution is -2.46. The summed E-state index contributed by atoms with van der Waals surface area (Å²) in [6.45, 7) is 7.88. The molecule has 2 fully saturated rings. The first-order chi connectivity index (χ1) is 12.0. The third-order valence-corrected chi connectivity index (χ3v) is 4.55. The zero-order valence-electron chi connectivity index (χ0n) is 14.8. The van der Waals surface area contributed by atoms with E-state index in [0.29, 0.717) is 57.3 Å². The molecule has 0 bridgehead atoms. The first-order valence-corrected chi connectivity index (χ1v) is 8.70. The molecule has 1 aromatic carbocycles. The van der Waals surface area contributed by atoms with Crippen LogP contribution in [0.15, 0.2) is 18.2 Å². The van der Waals surface area contributed by atoms with Crippen LogP contribution < -0.4 is 5.32 Å². The number of carbonyl (C=O) groups is 2. The summed E-state index contributed by atoms with van der Waals surface area (Å²) in [5, 5.41) is 2.93. The van der Waals surface area contributed by atoms with E-state index in [1.165, 1.54) is 0 Å². The third-order valence-electron chi connectivity index (χ3n) is 4.55. The molecule has 1 aromatic rings. The maximum Gasteiger partial charge on any atom is 0.322 e. The van der Waals surface area contributed by atoms with Gasteiger partial charge in [-0.1, -0.05) is 6.07 Å². The number of nitrogens with zero attached hydrogens (tertiary/aromatic N) is 2. The van der Waals surface area contributed by atoms with Gasteiger partial charge in [0.1, 0.15) is 0 Å². The molecule has 2 heterocycles. The zero-order chi connectivity index (χ0) is 17.8. The molecule has 7 heteroatoms. The van der Waals surface area contributed by atoms with Gasteiger partial charge in [-0.15, -0.1) is 0 Å². The average molecular weight is 347 g/mol. The Bertz CT molecular complexity index is 643. The van der Waals surface area contributed by atoms with E-state index in [9.17, 15) is 9.59 Å². The van der Waals surface area contributed by atoms with E-state index in [1.807, 2.05) is 19.9 Å². The van der Waals surface area contributed by atoms with Crippen LogP contribution in [-0.4, -0.2) is 73.8 Å². The van der Waals surface area contributed by atoms with Crippen LogP contribution in [0.3, 0.4) is 0 Å². The van der Waals surface area contributed by atoms with Gasteiger partial charge in [0.25, 0.3) is 5.91 Å². The highest BCUT2D eigenvalue weighted by atomic mass is 16.5. The number of aryl methyl sites for hydroxylation is 1. The summed E-state index contributed by atoms with van der Waals surface area (Å²) in [5.74, 6) is -0.0289. The second-order valence-electron chi connectivity index (χ2n) is 6.49. The fourth-order valence-electron chi connectivity index (χ4n) is 3.04. The first kappa shape index (κ1) is 17.7. The molecule has 2 aliphatic rings. The normalized spacial score (nSPS) is 21.1. The molecule has 0 saturated carbocycles. The number of amides is 3. The van der Waals surface area contributed by atoms with Gasteiger partial charge in [0.05, 0.1) is 25.9 Å². The Morgan fingerprint density at radius 3 is 2.56 bits per heavy atom. The Labute approximate surface area is 147 Å². The van der Waals surface area contributed by atoms with Crippen molar-refractivity contribution in [3.63, 3.8) is 0 Å². The van der Waals surface area contributed by atoms with Gasteiger partial charge in [0, 0.05) is 37.4 Å². The lowest BCUT2D eigenvalue weighted by atomic mass is 10.1. The molecule has 2 aliphatic heterocycles. The number of hydrogen-bond donors (Lipinski definition) is 1. The number of morpholine rings is 2. The fourth-order valence-corrected chi connectivity index (χ4v) is 3.04. The second kappa shape index (κ2) is 7.84. The summed E-state index contributed by atoms with van der Waals surface area (Å²) in [7, 11) is 0. The summed E-state index contributed by atoms with van der Waals surface area (Å²) < 4.78 is 10.8. The molecular formula is C18H25N3O4. The van der Waals surface area contributed by atoms with E-state index in [2.05, 4.69) is 5.32 Å². The Hall–Kier alpha value is -2.12. The highest BCUT2D eigenvalue weighted by Gasteiger charge is 2.23. The Morgan fingerprint density at radius 1 is 1.12 bits per heavy atom. The van der Waals surface area contributed by atoms with E-state index < -0.39 is 0 Å². The Kier molecular flexibility index (Phi) is 5.55. The van der Waals surface area contributed by atoms with Crippen molar-refractivity contribution in [3.05, 3.63) is 29.3 Å². The van der Waals surface area contributed by atoms with Crippen molar-refractivity contribution in [1.82, 2.24) is 9.80 Å². The van der Waals surface area contributed by atoms with E-state index in [4.69, 9.17) is 9.47 Å². The molecule has 7 nitrogen and oxygen atoms in total. The molecule has 25 heavy (non-hydrogen) atoms. The van der Waals surface area contributed by atoms with Gasteiger partial charge >= 0.3 is 6.03 Å². The fraction of sp³-hybridized carbons (Fsp3) is 0.556. The lowest BCUT2D eigenvalue weighted by Gasteiger charge is -2.31. The minimum absolute atomic E-state index is 0.0289. The Morgan fingerprint density at radius 2 is 1.84 bits per heavy atom. The molecule has 0 aliphatic carbocycles. The molecule has 3 rings (SSSR count). The maximum atomic E-state index is 12.6. The van der Waals surface area contributed by atoms with Gasteiger partial charge in [-0.3, -0.25) is 4.79 Å². The van der Waals surface area contributed by atoms with E-state index in [0.717, 1.165) is 5.56 Å². The van der Waals surface area contributed by atoms with Crippen molar-refractivity contribution in [2.24, 2.45) is 0 Å². The first-order valence-electron chi connectivity index (χ1n) is 8.70. The number of rotatable bonds is 2. The minimum atomic E-state index is -0.158. The molecule has 0 aromatic heterocycles. The van der Waals surface area contributed by atoms with Crippen LogP contribution in [0.5, 0.6) is 0 Å².